The highest BCUT2D eigenvalue weighted by atomic mass is 19.4. The molecule has 9 heteroatoms. The number of anilines is 1. The number of hydrogen-bond donors (Lipinski definition) is 2. The lowest BCUT2D eigenvalue weighted by atomic mass is 10.1. The van der Waals surface area contributed by atoms with Crippen molar-refractivity contribution in [3.8, 4) is 0 Å². The van der Waals surface area contributed by atoms with Gasteiger partial charge in [-0.3, -0.25) is 14.9 Å². The van der Waals surface area contributed by atoms with Crippen LogP contribution in [0.3, 0.4) is 0 Å². The van der Waals surface area contributed by atoms with Crippen molar-refractivity contribution in [1.29, 1.82) is 0 Å². The van der Waals surface area contributed by atoms with Crippen LogP contribution in [0.4, 0.5) is 24.5 Å². The summed E-state index contributed by atoms with van der Waals surface area (Å²) < 4.78 is 35.7. The van der Waals surface area contributed by atoms with E-state index < -0.39 is 30.1 Å². The first-order valence-corrected chi connectivity index (χ1v) is 5.93. The van der Waals surface area contributed by atoms with Gasteiger partial charge < -0.3 is 10.6 Å². The summed E-state index contributed by atoms with van der Waals surface area (Å²) in [6.45, 7) is 1.37. The third kappa shape index (κ3) is 5.38. The lowest BCUT2D eigenvalue weighted by molar-refractivity contribution is -0.385. The zero-order valence-corrected chi connectivity index (χ0v) is 11.4. The Kier molecular flexibility index (Phi) is 5.25. The van der Waals surface area contributed by atoms with Crippen LogP contribution in [0.25, 0.3) is 0 Å². The first-order chi connectivity index (χ1) is 9.60. The molecule has 0 radical (unpaired) electrons. The Morgan fingerprint density at radius 2 is 1.90 bits per heavy atom. The molecule has 0 bridgehead atoms. The fourth-order valence-electron chi connectivity index (χ4n) is 1.68. The minimum atomic E-state index is -4.40. The van der Waals surface area contributed by atoms with E-state index in [1.54, 1.807) is 13.8 Å². The lowest BCUT2D eigenvalue weighted by Gasteiger charge is -2.11. The van der Waals surface area contributed by atoms with Crippen molar-refractivity contribution in [2.24, 2.45) is 0 Å². The number of nitro benzene ring substituents is 1. The van der Waals surface area contributed by atoms with E-state index >= 15 is 0 Å². The molecular formula is C12H14F3N3O3. The summed E-state index contributed by atoms with van der Waals surface area (Å²) in [5.74, 6) is -0.708. The van der Waals surface area contributed by atoms with E-state index in [1.807, 2.05) is 5.32 Å². The highest BCUT2D eigenvalue weighted by Gasteiger charge is 2.26. The summed E-state index contributed by atoms with van der Waals surface area (Å²) in [6.07, 6.45) is -4.40. The molecule has 1 rings (SSSR count). The Balaban J connectivity index is 2.72. The van der Waals surface area contributed by atoms with Gasteiger partial charge in [0, 0.05) is 11.6 Å². The Labute approximate surface area is 118 Å². The number of rotatable bonds is 5. The largest absolute Gasteiger partial charge is 0.401 e. The summed E-state index contributed by atoms with van der Waals surface area (Å²) in [6, 6.07) is 2.71. The highest BCUT2D eigenvalue weighted by Crippen LogP contribution is 2.26. The second-order valence-corrected chi connectivity index (χ2v) is 4.48. The topological polar surface area (TPSA) is 84.3 Å². The van der Waals surface area contributed by atoms with Crippen LogP contribution in [0.2, 0.25) is 0 Å². The number of nitrogens with zero attached hydrogens (tertiary/aromatic N) is 1. The molecule has 0 saturated heterocycles. The quantitative estimate of drug-likeness (QED) is 0.646. The van der Waals surface area contributed by atoms with E-state index in [-0.39, 0.29) is 11.4 Å². The van der Waals surface area contributed by atoms with Gasteiger partial charge >= 0.3 is 6.18 Å². The molecular weight excluding hydrogens is 291 g/mol. The van der Waals surface area contributed by atoms with Gasteiger partial charge in [0.25, 0.3) is 5.69 Å². The van der Waals surface area contributed by atoms with Crippen molar-refractivity contribution in [3.05, 3.63) is 33.4 Å². The standard InChI is InChI=1S/C12H14F3N3O3/c1-7-3-8(2)10(18(20)21)4-9(7)17-11(19)5-16-6-12(13,14)15/h3-4,16H,5-6H2,1-2H3,(H,17,19). The fourth-order valence-corrected chi connectivity index (χ4v) is 1.68. The molecule has 0 aliphatic heterocycles. The van der Waals surface area contributed by atoms with Gasteiger partial charge in [0.05, 0.1) is 23.7 Å². The predicted octanol–water partition coefficient (Wildman–Crippen LogP) is 2.30. The number of benzene rings is 1. The smallest absolute Gasteiger partial charge is 0.324 e. The molecule has 0 atom stereocenters. The van der Waals surface area contributed by atoms with E-state index in [2.05, 4.69) is 5.32 Å². The van der Waals surface area contributed by atoms with Crippen LogP contribution < -0.4 is 10.6 Å². The van der Waals surface area contributed by atoms with E-state index in [4.69, 9.17) is 0 Å². The fraction of sp³-hybridized carbons (Fsp3) is 0.417. The van der Waals surface area contributed by atoms with Crippen molar-refractivity contribution in [1.82, 2.24) is 5.32 Å². The normalized spacial score (nSPS) is 11.3. The number of hydrogen-bond acceptors (Lipinski definition) is 4. The van der Waals surface area contributed by atoms with E-state index in [1.165, 1.54) is 12.1 Å². The van der Waals surface area contributed by atoms with Crippen LogP contribution in [0.5, 0.6) is 0 Å². The molecule has 21 heavy (non-hydrogen) atoms. The van der Waals surface area contributed by atoms with Crippen LogP contribution in [0.15, 0.2) is 12.1 Å². The molecule has 116 valence electrons. The van der Waals surface area contributed by atoms with Gasteiger partial charge in [-0.05, 0) is 25.5 Å². The summed E-state index contributed by atoms with van der Waals surface area (Å²) in [7, 11) is 0. The number of aryl methyl sites for hydroxylation is 2. The molecule has 0 saturated carbocycles. The molecule has 0 aliphatic rings. The van der Waals surface area contributed by atoms with Crippen molar-refractivity contribution in [2.75, 3.05) is 18.4 Å². The predicted molar refractivity (Wildman–Crippen MR) is 70.1 cm³/mol. The molecule has 0 aliphatic carbocycles. The van der Waals surface area contributed by atoms with Crippen LogP contribution in [-0.4, -0.2) is 30.1 Å². The highest BCUT2D eigenvalue weighted by molar-refractivity contribution is 5.93. The average molecular weight is 305 g/mol. The van der Waals surface area contributed by atoms with E-state index in [9.17, 15) is 28.1 Å². The minimum absolute atomic E-state index is 0.167. The van der Waals surface area contributed by atoms with Crippen LogP contribution in [0.1, 0.15) is 11.1 Å². The average Bonchev–Trinajstić information content (AvgIpc) is 2.30. The number of nitrogens with one attached hydrogen (secondary N) is 2. The molecule has 0 aromatic heterocycles. The maximum atomic E-state index is 11.9. The third-order valence-electron chi connectivity index (χ3n) is 2.62. The monoisotopic (exact) mass is 305 g/mol. The van der Waals surface area contributed by atoms with Gasteiger partial charge in [0.2, 0.25) is 5.91 Å². The number of carbonyl (C=O) groups excluding carboxylic acids is 1. The molecule has 0 unspecified atom stereocenters. The molecule has 1 aromatic carbocycles. The SMILES string of the molecule is Cc1cc(C)c([N+](=O)[O-])cc1NC(=O)CNCC(F)(F)F. The summed E-state index contributed by atoms with van der Waals surface area (Å²) in [5, 5.41) is 15.1. The van der Waals surface area contributed by atoms with Gasteiger partial charge in [0.1, 0.15) is 0 Å². The Morgan fingerprint density at radius 3 is 2.43 bits per heavy atom. The van der Waals surface area contributed by atoms with Gasteiger partial charge in [0.15, 0.2) is 0 Å². The van der Waals surface area contributed by atoms with E-state index in [0.29, 0.717) is 11.1 Å². The number of amides is 1. The number of alkyl halides is 3. The minimum Gasteiger partial charge on any atom is -0.324 e. The molecule has 0 heterocycles. The molecule has 1 aromatic rings. The maximum absolute atomic E-state index is 11.9. The Bertz CT molecular complexity index is 559. The summed E-state index contributed by atoms with van der Waals surface area (Å²) in [5.41, 5.74) is 1.05. The zero-order valence-electron chi connectivity index (χ0n) is 11.4. The van der Waals surface area contributed by atoms with Gasteiger partial charge in [-0.2, -0.15) is 13.2 Å². The van der Waals surface area contributed by atoms with Crippen molar-refractivity contribution < 1.29 is 22.9 Å². The number of nitro groups is 1. The first kappa shape index (κ1) is 16.9. The lowest BCUT2D eigenvalue weighted by Crippen LogP contribution is -2.35. The van der Waals surface area contributed by atoms with Crippen LogP contribution in [0, 0.1) is 24.0 Å². The second-order valence-electron chi connectivity index (χ2n) is 4.48. The van der Waals surface area contributed by atoms with Crippen molar-refractivity contribution in [2.45, 2.75) is 20.0 Å². The molecule has 6 nitrogen and oxygen atoms in total. The molecule has 2 N–H and O–H groups in total. The van der Waals surface area contributed by atoms with E-state index in [0.717, 1.165) is 0 Å². The zero-order chi connectivity index (χ0) is 16.2. The van der Waals surface area contributed by atoms with Crippen LogP contribution in [-0.2, 0) is 4.79 Å². The first-order valence-electron chi connectivity index (χ1n) is 5.93. The third-order valence-corrected chi connectivity index (χ3v) is 2.62. The summed E-state index contributed by atoms with van der Waals surface area (Å²) in [4.78, 5) is 21.7. The Morgan fingerprint density at radius 1 is 1.29 bits per heavy atom. The van der Waals surface area contributed by atoms with Gasteiger partial charge in [-0.1, -0.05) is 0 Å². The number of carbonyl (C=O) groups is 1. The molecule has 0 fully saturated rings. The summed E-state index contributed by atoms with van der Waals surface area (Å²) >= 11 is 0. The second kappa shape index (κ2) is 6.53. The molecule has 0 spiro atoms. The molecule has 1 amide bonds. The van der Waals surface area contributed by atoms with Gasteiger partial charge in [-0.15, -0.1) is 0 Å². The van der Waals surface area contributed by atoms with Crippen molar-refractivity contribution in [3.63, 3.8) is 0 Å². The van der Waals surface area contributed by atoms with Crippen LogP contribution >= 0.6 is 0 Å². The number of halogens is 3. The maximum Gasteiger partial charge on any atom is 0.401 e. The Hall–Kier alpha value is -2.16. The van der Waals surface area contributed by atoms with Gasteiger partial charge in [-0.25, -0.2) is 0 Å². The van der Waals surface area contributed by atoms with Crippen molar-refractivity contribution >= 4 is 17.3 Å².